The highest BCUT2D eigenvalue weighted by Gasteiger charge is 2.15. The van der Waals surface area contributed by atoms with Gasteiger partial charge in [-0.15, -0.1) is 0 Å². The number of methoxy groups -OCH3 is 1. The summed E-state index contributed by atoms with van der Waals surface area (Å²) in [4.78, 5) is 0. The molecule has 0 amide bonds. The van der Waals surface area contributed by atoms with E-state index >= 15 is 0 Å². The monoisotopic (exact) mass is 450 g/mol. The normalized spacial score (nSPS) is 11.0. The Labute approximate surface area is 178 Å². The minimum absolute atomic E-state index is 0.720. The summed E-state index contributed by atoms with van der Waals surface area (Å²) >= 11 is 3.48. The predicted molar refractivity (Wildman–Crippen MR) is 123 cm³/mol. The fourth-order valence-corrected chi connectivity index (χ4v) is 3.72. The molecule has 0 aromatic heterocycles. The van der Waals surface area contributed by atoms with E-state index in [2.05, 4.69) is 35.0 Å². The Hall–Kier alpha value is -1.42. The average Bonchev–Trinajstić information content (AvgIpc) is 2.73. The van der Waals surface area contributed by atoms with Crippen LogP contribution in [0.3, 0.4) is 0 Å². The second-order valence-corrected chi connectivity index (χ2v) is 7.96. The van der Waals surface area contributed by atoms with E-state index in [1.807, 2.05) is 18.2 Å². The van der Waals surface area contributed by atoms with E-state index in [1.54, 1.807) is 7.11 Å². The zero-order valence-electron chi connectivity index (χ0n) is 17.5. The first-order valence-electron chi connectivity index (χ1n) is 10.7. The van der Waals surface area contributed by atoms with Crippen LogP contribution in [0.15, 0.2) is 30.3 Å². The largest absolute Gasteiger partial charge is 0.493 e. The summed E-state index contributed by atoms with van der Waals surface area (Å²) in [5, 5.41) is 3.19. The Kier molecular flexibility index (Phi) is 11.2. The molecule has 0 aliphatic heterocycles. The highest BCUT2D eigenvalue weighted by molar-refractivity contribution is 9.09. The van der Waals surface area contributed by atoms with Crippen LogP contribution in [-0.2, 0) is 0 Å². The van der Waals surface area contributed by atoms with Crippen molar-refractivity contribution in [1.82, 2.24) is 0 Å². The molecule has 0 atom stereocenters. The third-order valence-electron chi connectivity index (χ3n) is 4.92. The maximum absolute atomic E-state index is 6.17. The fourth-order valence-electron chi connectivity index (χ4n) is 3.32. The predicted octanol–water partition coefficient (Wildman–Crippen LogP) is 7.53. The molecular weight excluding hydrogens is 416 g/mol. The van der Waals surface area contributed by atoms with E-state index in [-0.39, 0.29) is 0 Å². The van der Waals surface area contributed by atoms with Crippen LogP contribution in [0.4, 0.5) is 0 Å². The molecule has 0 saturated carbocycles. The van der Waals surface area contributed by atoms with Crippen LogP contribution in [-0.4, -0.2) is 25.7 Å². The number of hydrogen-bond acceptors (Lipinski definition) is 3. The molecule has 0 bridgehead atoms. The van der Waals surface area contributed by atoms with E-state index in [0.717, 1.165) is 59.4 Å². The van der Waals surface area contributed by atoms with Crippen molar-refractivity contribution in [3.63, 3.8) is 0 Å². The lowest BCUT2D eigenvalue weighted by Crippen LogP contribution is -2.03. The molecule has 4 heteroatoms. The maximum atomic E-state index is 6.17. The smallest absolute Gasteiger partial charge is 0.169 e. The van der Waals surface area contributed by atoms with E-state index < -0.39 is 0 Å². The average molecular weight is 451 g/mol. The number of unbranched alkanes of at least 4 members (excludes halogenated alkanes) is 7. The van der Waals surface area contributed by atoms with Crippen molar-refractivity contribution in [1.29, 1.82) is 0 Å². The summed E-state index contributed by atoms with van der Waals surface area (Å²) in [6.45, 7) is 3.69. The number of halogens is 1. The lowest BCUT2D eigenvalue weighted by atomic mass is 10.1. The van der Waals surface area contributed by atoms with Crippen LogP contribution in [0.25, 0.3) is 10.8 Å². The summed E-state index contributed by atoms with van der Waals surface area (Å²) in [6, 6.07) is 10.2. The second kappa shape index (κ2) is 13.7. The third-order valence-corrected chi connectivity index (χ3v) is 5.48. The van der Waals surface area contributed by atoms with Crippen molar-refractivity contribution >= 4 is 26.7 Å². The van der Waals surface area contributed by atoms with Gasteiger partial charge in [-0.25, -0.2) is 0 Å². The molecule has 0 heterocycles. The molecule has 0 aliphatic carbocycles. The summed E-state index contributed by atoms with van der Waals surface area (Å²) in [7, 11) is 1.70. The summed E-state index contributed by atoms with van der Waals surface area (Å²) < 4.78 is 17.9. The van der Waals surface area contributed by atoms with Crippen molar-refractivity contribution < 1.29 is 14.2 Å². The van der Waals surface area contributed by atoms with Crippen molar-refractivity contribution in [3.8, 4) is 17.2 Å². The lowest BCUT2D eigenvalue weighted by molar-refractivity contribution is 0.283. The van der Waals surface area contributed by atoms with Gasteiger partial charge in [0.15, 0.2) is 11.5 Å². The number of rotatable bonds is 15. The van der Waals surface area contributed by atoms with Gasteiger partial charge in [-0.3, -0.25) is 0 Å². The molecule has 2 rings (SSSR count). The second-order valence-electron chi connectivity index (χ2n) is 7.17. The van der Waals surface area contributed by atoms with Gasteiger partial charge in [0.25, 0.3) is 0 Å². The molecule has 156 valence electrons. The van der Waals surface area contributed by atoms with E-state index in [1.165, 1.54) is 44.9 Å². The number of ether oxygens (including phenoxy) is 3. The summed E-state index contributed by atoms with van der Waals surface area (Å²) in [5.74, 6) is 2.46. The first-order valence-corrected chi connectivity index (χ1v) is 11.8. The Morgan fingerprint density at radius 2 is 1.39 bits per heavy atom. The Morgan fingerprint density at radius 3 is 2.11 bits per heavy atom. The van der Waals surface area contributed by atoms with Crippen LogP contribution >= 0.6 is 15.9 Å². The van der Waals surface area contributed by atoms with Gasteiger partial charge in [0.2, 0.25) is 0 Å². The van der Waals surface area contributed by atoms with Crippen LogP contribution in [0.1, 0.15) is 64.7 Å². The van der Waals surface area contributed by atoms with Gasteiger partial charge < -0.3 is 14.2 Å². The summed E-state index contributed by atoms with van der Waals surface area (Å²) in [5.41, 5.74) is 0. The SMILES string of the molecule is CCCCCCCCOc1c(OC)cc(OCCCCCBr)c2ccccc12. The Bertz CT molecular complexity index is 687. The lowest BCUT2D eigenvalue weighted by Gasteiger charge is -2.17. The molecule has 28 heavy (non-hydrogen) atoms. The van der Waals surface area contributed by atoms with Gasteiger partial charge >= 0.3 is 0 Å². The van der Waals surface area contributed by atoms with Gasteiger partial charge in [-0.05, 0) is 25.7 Å². The zero-order valence-corrected chi connectivity index (χ0v) is 19.1. The van der Waals surface area contributed by atoms with Gasteiger partial charge in [0.05, 0.1) is 20.3 Å². The first kappa shape index (κ1) is 22.9. The van der Waals surface area contributed by atoms with Crippen molar-refractivity contribution in [2.75, 3.05) is 25.7 Å². The van der Waals surface area contributed by atoms with Crippen molar-refractivity contribution in [2.24, 2.45) is 0 Å². The van der Waals surface area contributed by atoms with Crippen molar-refractivity contribution in [2.45, 2.75) is 64.7 Å². The number of hydrogen-bond donors (Lipinski definition) is 0. The van der Waals surface area contributed by atoms with E-state index in [0.29, 0.717) is 0 Å². The molecule has 0 radical (unpaired) electrons. The third kappa shape index (κ3) is 7.20. The summed E-state index contributed by atoms with van der Waals surface area (Å²) in [6.07, 6.45) is 10.9. The fraction of sp³-hybridized carbons (Fsp3) is 0.583. The molecule has 0 unspecified atom stereocenters. The van der Waals surface area contributed by atoms with Crippen LogP contribution in [0, 0.1) is 0 Å². The molecule has 2 aromatic carbocycles. The maximum Gasteiger partial charge on any atom is 0.169 e. The molecule has 0 N–H and O–H groups in total. The molecule has 0 saturated heterocycles. The van der Waals surface area contributed by atoms with E-state index in [9.17, 15) is 0 Å². The quantitative estimate of drug-likeness (QED) is 0.207. The van der Waals surface area contributed by atoms with Gasteiger partial charge in [0, 0.05) is 22.2 Å². The molecular formula is C24H35BrO3. The highest BCUT2D eigenvalue weighted by Crippen LogP contribution is 2.41. The zero-order chi connectivity index (χ0) is 20.0. The van der Waals surface area contributed by atoms with E-state index in [4.69, 9.17) is 14.2 Å². The Morgan fingerprint density at radius 1 is 0.750 bits per heavy atom. The molecule has 0 aliphatic rings. The molecule has 0 spiro atoms. The molecule has 0 fully saturated rings. The van der Waals surface area contributed by atoms with Crippen LogP contribution in [0.2, 0.25) is 0 Å². The topological polar surface area (TPSA) is 27.7 Å². The van der Waals surface area contributed by atoms with Crippen LogP contribution < -0.4 is 14.2 Å². The van der Waals surface area contributed by atoms with Gasteiger partial charge in [-0.2, -0.15) is 0 Å². The van der Waals surface area contributed by atoms with Crippen LogP contribution in [0.5, 0.6) is 17.2 Å². The standard InChI is InChI=1S/C24H35BrO3/c1-3-4-5-6-7-12-18-28-24-21-15-10-9-14-20(21)22(19-23(24)26-2)27-17-13-8-11-16-25/h9-10,14-15,19H,3-8,11-13,16-18H2,1-2H3. The van der Waals surface area contributed by atoms with Gasteiger partial charge in [0.1, 0.15) is 5.75 Å². The number of alkyl halides is 1. The minimum Gasteiger partial charge on any atom is -0.493 e. The molecule has 2 aromatic rings. The first-order chi connectivity index (χ1) is 13.8. The number of fused-ring (bicyclic) bond motifs is 1. The van der Waals surface area contributed by atoms with Gasteiger partial charge in [-0.1, -0.05) is 79.2 Å². The Balaban J connectivity index is 2.03. The highest BCUT2D eigenvalue weighted by atomic mass is 79.9. The van der Waals surface area contributed by atoms with Crippen molar-refractivity contribution in [3.05, 3.63) is 30.3 Å². The molecule has 3 nitrogen and oxygen atoms in total. The number of benzene rings is 2. The minimum atomic E-state index is 0.720.